The molecular formula is C16H21ClN6. The van der Waals surface area contributed by atoms with Gasteiger partial charge in [0, 0.05) is 29.9 Å². The molecular weight excluding hydrogens is 312 g/mol. The molecule has 0 amide bonds. The van der Waals surface area contributed by atoms with Gasteiger partial charge in [-0.1, -0.05) is 11.6 Å². The highest BCUT2D eigenvalue weighted by molar-refractivity contribution is 6.32. The number of rotatable bonds is 3. The lowest BCUT2D eigenvalue weighted by Gasteiger charge is -2.26. The van der Waals surface area contributed by atoms with Crippen molar-refractivity contribution in [1.82, 2.24) is 19.7 Å². The molecule has 7 heteroatoms. The van der Waals surface area contributed by atoms with Crippen LogP contribution in [-0.2, 0) is 13.0 Å². The fourth-order valence-electron chi connectivity index (χ4n) is 3.53. The van der Waals surface area contributed by atoms with Crippen molar-refractivity contribution in [3.05, 3.63) is 23.1 Å². The Bertz CT molecular complexity index is 705. The molecule has 2 aliphatic rings. The lowest BCUT2D eigenvalue weighted by molar-refractivity contribution is 0.410. The summed E-state index contributed by atoms with van der Waals surface area (Å²) >= 11 is 6.34. The SMILES string of the molecule is N[C@H]1CC[C@H](Nc2ncc(Cl)c(-c3cnn4c3CCC4)n2)CC1. The number of nitrogens with one attached hydrogen (secondary N) is 1. The van der Waals surface area contributed by atoms with E-state index in [4.69, 9.17) is 17.3 Å². The summed E-state index contributed by atoms with van der Waals surface area (Å²) in [5, 5.41) is 8.44. The number of anilines is 1. The first-order valence-electron chi connectivity index (χ1n) is 8.30. The Hall–Kier alpha value is -1.66. The molecule has 1 fully saturated rings. The van der Waals surface area contributed by atoms with Crippen LogP contribution < -0.4 is 11.1 Å². The predicted molar refractivity (Wildman–Crippen MR) is 90.4 cm³/mol. The number of nitrogens with two attached hydrogens (primary N) is 1. The van der Waals surface area contributed by atoms with Crippen LogP contribution in [-0.4, -0.2) is 31.8 Å². The average Bonchev–Trinajstić information content (AvgIpc) is 3.15. The Balaban J connectivity index is 1.58. The highest BCUT2D eigenvalue weighted by Crippen LogP contribution is 2.32. The lowest BCUT2D eigenvalue weighted by Crippen LogP contribution is -2.33. The summed E-state index contributed by atoms with van der Waals surface area (Å²) in [6.45, 7) is 0.978. The van der Waals surface area contributed by atoms with Crippen molar-refractivity contribution in [2.45, 2.75) is 57.2 Å². The minimum absolute atomic E-state index is 0.338. The second-order valence-electron chi connectivity index (χ2n) is 6.48. The molecule has 1 aliphatic carbocycles. The number of aromatic nitrogens is 4. The molecule has 1 saturated carbocycles. The maximum absolute atomic E-state index is 6.34. The molecule has 0 spiro atoms. The van der Waals surface area contributed by atoms with Gasteiger partial charge in [0.2, 0.25) is 5.95 Å². The van der Waals surface area contributed by atoms with Crippen LogP contribution in [0.4, 0.5) is 5.95 Å². The molecule has 23 heavy (non-hydrogen) atoms. The zero-order valence-electron chi connectivity index (χ0n) is 13.0. The first-order valence-corrected chi connectivity index (χ1v) is 8.68. The van der Waals surface area contributed by atoms with E-state index >= 15 is 0 Å². The molecule has 122 valence electrons. The van der Waals surface area contributed by atoms with Crippen LogP contribution in [0.5, 0.6) is 0 Å². The average molecular weight is 333 g/mol. The van der Waals surface area contributed by atoms with Crippen molar-refractivity contribution < 1.29 is 0 Å². The van der Waals surface area contributed by atoms with E-state index in [0.29, 0.717) is 23.1 Å². The first kappa shape index (κ1) is 14.9. The molecule has 0 unspecified atom stereocenters. The van der Waals surface area contributed by atoms with E-state index in [1.54, 1.807) is 6.20 Å². The summed E-state index contributed by atoms with van der Waals surface area (Å²) in [4.78, 5) is 9.01. The van der Waals surface area contributed by atoms with Crippen LogP contribution in [0.3, 0.4) is 0 Å². The Morgan fingerprint density at radius 1 is 1.22 bits per heavy atom. The van der Waals surface area contributed by atoms with E-state index in [-0.39, 0.29) is 0 Å². The molecule has 0 aromatic carbocycles. The molecule has 1 aliphatic heterocycles. The fraction of sp³-hybridized carbons (Fsp3) is 0.562. The lowest BCUT2D eigenvalue weighted by atomic mass is 9.92. The van der Waals surface area contributed by atoms with Gasteiger partial charge in [0.15, 0.2) is 0 Å². The number of fused-ring (bicyclic) bond motifs is 1. The van der Waals surface area contributed by atoms with E-state index in [0.717, 1.165) is 56.3 Å². The van der Waals surface area contributed by atoms with E-state index in [1.807, 2.05) is 10.9 Å². The first-order chi connectivity index (χ1) is 11.2. The number of hydrogen-bond donors (Lipinski definition) is 2. The van der Waals surface area contributed by atoms with Crippen molar-refractivity contribution in [3.63, 3.8) is 0 Å². The molecule has 0 bridgehead atoms. The zero-order chi connectivity index (χ0) is 15.8. The molecule has 3 N–H and O–H groups in total. The standard InChI is InChI=1S/C16H21ClN6/c17-13-9-19-16(21-11-5-3-10(18)4-6-11)22-15(13)12-8-20-23-7-1-2-14(12)23/h8-11H,1-7,18H2,(H,19,21,22)/t10-,11-. The van der Waals surface area contributed by atoms with Crippen LogP contribution in [0.2, 0.25) is 5.02 Å². The Labute approximate surface area is 140 Å². The number of hydrogen-bond acceptors (Lipinski definition) is 5. The molecule has 6 nitrogen and oxygen atoms in total. The van der Waals surface area contributed by atoms with Gasteiger partial charge in [-0.05, 0) is 38.5 Å². The molecule has 2 aromatic heterocycles. The maximum Gasteiger partial charge on any atom is 0.223 e. The van der Waals surface area contributed by atoms with E-state index < -0.39 is 0 Å². The van der Waals surface area contributed by atoms with Crippen LogP contribution >= 0.6 is 11.6 Å². The summed E-state index contributed by atoms with van der Waals surface area (Å²) in [6.07, 6.45) is 9.93. The minimum atomic E-state index is 0.338. The topological polar surface area (TPSA) is 81.6 Å². The third kappa shape index (κ3) is 2.93. The van der Waals surface area contributed by atoms with Gasteiger partial charge < -0.3 is 11.1 Å². The molecule has 0 saturated heterocycles. The van der Waals surface area contributed by atoms with Crippen LogP contribution in [0.1, 0.15) is 37.8 Å². The zero-order valence-corrected chi connectivity index (χ0v) is 13.8. The van der Waals surface area contributed by atoms with Crippen LogP contribution in [0.15, 0.2) is 12.4 Å². The summed E-state index contributed by atoms with van der Waals surface area (Å²) in [6, 6.07) is 0.728. The van der Waals surface area contributed by atoms with Gasteiger partial charge in [0.05, 0.1) is 23.1 Å². The van der Waals surface area contributed by atoms with Crippen molar-refractivity contribution in [2.75, 3.05) is 5.32 Å². The third-order valence-corrected chi connectivity index (χ3v) is 5.11. The number of halogens is 1. The van der Waals surface area contributed by atoms with E-state index in [2.05, 4.69) is 20.4 Å². The highest BCUT2D eigenvalue weighted by Gasteiger charge is 2.22. The summed E-state index contributed by atoms with van der Waals surface area (Å²) in [7, 11) is 0. The predicted octanol–water partition coefficient (Wildman–Crippen LogP) is 2.62. The van der Waals surface area contributed by atoms with Gasteiger partial charge in [-0.2, -0.15) is 5.10 Å². The Morgan fingerprint density at radius 2 is 2.04 bits per heavy atom. The smallest absolute Gasteiger partial charge is 0.223 e. The van der Waals surface area contributed by atoms with E-state index in [9.17, 15) is 0 Å². The van der Waals surface area contributed by atoms with Gasteiger partial charge in [-0.3, -0.25) is 4.68 Å². The Morgan fingerprint density at radius 3 is 2.87 bits per heavy atom. The molecule has 4 rings (SSSR count). The maximum atomic E-state index is 6.34. The van der Waals surface area contributed by atoms with Crippen molar-refractivity contribution in [1.29, 1.82) is 0 Å². The summed E-state index contributed by atoms with van der Waals surface area (Å²) in [5.41, 5.74) is 9.00. The second kappa shape index (κ2) is 6.09. The van der Waals surface area contributed by atoms with Crippen molar-refractivity contribution in [3.8, 4) is 11.3 Å². The molecule has 0 radical (unpaired) electrons. The van der Waals surface area contributed by atoms with Gasteiger partial charge in [0.1, 0.15) is 0 Å². The highest BCUT2D eigenvalue weighted by atomic mass is 35.5. The van der Waals surface area contributed by atoms with Crippen molar-refractivity contribution >= 4 is 17.5 Å². The summed E-state index contributed by atoms with van der Waals surface area (Å²) in [5.74, 6) is 0.641. The number of aryl methyl sites for hydroxylation is 1. The molecule has 2 aromatic rings. The second-order valence-corrected chi connectivity index (χ2v) is 6.89. The van der Waals surface area contributed by atoms with Gasteiger partial charge >= 0.3 is 0 Å². The minimum Gasteiger partial charge on any atom is -0.351 e. The normalized spacial score (nSPS) is 23.7. The summed E-state index contributed by atoms with van der Waals surface area (Å²) < 4.78 is 2.05. The van der Waals surface area contributed by atoms with Crippen molar-refractivity contribution in [2.24, 2.45) is 5.73 Å². The largest absolute Gasteiger partial charge is 0.351 e. The number of nitrogens with zero attached hydrogens (tertiary/aromatic N) is 4. The van der Waals surface area contributed by atoms with Crippen LogP contribution in [0.25, 0.3) is 11.3 Å². The molecule has 0 atom stereocenters. The monoisotopic (exact) mass is 332 g/mol. The van der Waals surface area contributed by atoms with Gasteiger partial charge in [-0.25, -0.2) is 9.97 Å². The molecule has 3 heterocycles. The van der Waals surface area contributed by atoms with E-state index in [1.165, 1.54) is 5.69 Å². The Kier molecular flexibility index (Phi) is 3.95. The third-order valence-electron chi connectivity index (χ3n) is 4.84. The van der Waals surface area contributed by atoms with Gasteiger partial charge in [0.25, 0.3) is 0 Å². The quantitative estimate of drug-likeness (QED) is 0.903. The van der Waals surface area contributed by atoms with Crippen LogP contribution in [0, 0.1) is 0 Å². The fourth-order valence-corrected chi connectivity index (χ4v) is 3.73. The van der Waals surface area contributed by atoms with Gasteiger partial charge in [-0.15, -0.1) is 0 Å².